The number of nitrogens with one attached hydrogen (secondary N) is 1. The minimum absolute atomic E-state index is 0.190. The van der Waals surface area contributed by atoms with Crippen LogP contribution in [0.15, 0.2) is 33.4 Å². The molecule has 2 nitrogen and oxygen atoms in total. The minimum atomic E-state index is -0.453. The maximum atomic E-state index is 13.8. The number of hydrogen-bond acceptors (Lipinski definition) is 3. The Morgan fingerprint density at radius 1 is 1.38 bits per heavy atom. The molecule has 0 fully saturated rings. The Balaban J connectivity index is 2.37. The number of benzene rings is 1. The molecule has 1 aromatic heterocycles. The summed E-state index contributed by atoms with van der Waals surface area (Å²) >= 11 is 4.59. The molecule has 0 radical (unpaired) electrons. The van der Waals surface area contributed by atoms with Crippen molar-refractivity contribution in [2.45, 2.75) is 0 Å². The summed E-state index contributed by atoms with van der Waals surface area (Å²) in [6.45, 7) is 0. The normalized spacial score (nSPS) is 9.81. The van der Waals surface area contributed by atoms with E-state index in [0.29, 0.717) is 5.69 Å². The van der Waals surface area contributed by atoms with Gasteiger partial charge in [0.25, 0.3) is 0 Å². The zero-order chi connectivity index (χ0) is 11.5. The largest absolute Gasteiger partial charge is 0.352 e. The van der Waals surface area contributed by atoms with Gasteiger partial charge in [0.2, 0.25) is 0 Å². The van der Waals surface area contributed by atoms with E-state index in [0.717, 1.165) is 5.69 Å². The molecule has 5 heteroatoms. The molecule has 0 aliphatic heterocycles. The van der Waals surface area contributed by atoms with Crippen LogP contribution >= 0.6 is 27.3 Å². The second kappa shape index (κ2) is 4.64. The maximum Gasteiger partial charge on any atom is 0.162 e. The molecule has 0 aliphatic rings. The van der Waals surface area contributed by atoms with E-state index in [2.05, 4.69) is 21.2 Å². The van der Waals surface area contributed by atoms with Gasteiger partial charge in [0.05, 0.1) is 15.7 Å². The number of halogens is 2. The minimum Gasteiger partial charge on any atom is -0.352 e. The standard InChI is InChI=1S/C11H6BrFN2S/c12-10-7(5-14)1-2-9(11(10)13)15-8-3-4-16-6-8/h1-4,6,15H. The fourth-order valence-corrected chi connectivity index (χ4v) is 2.25. The summed E-state index contributed by atoms with van der Waals surface area (Å²) in [6, 6.07) is 6.89. The van der Waals surface area contributed by atoms with Crippen LogP contribution in [0.5, 0.6) is 0 Å². The zero-order valence-corrected chi connectivity index (χ0v) is 10.4. The highest BCUT2D eigenvalue weighted by atomic mass is 79.9. The van der Waals surface area contributed by atoms with Crippen LogP contribution in [0.25, 0.3) is 0 Å². The van der Waals surface area contributed by atoms with Crippen molar-refractivity contribution < 1.29 is 4.39 Å². The van der Waals surface area contributed by atoms with E-state index in [-0.39, 0.29) is 10.0 Å². The first-order valence-corrected chi connectivity index (χ1v) is 6.13. The first-order valence-electron chi connectivity index (χ1n) is 4.39. The van der Waals surface area contributed by atoms with Crippen molar-refractivity contribution in [1.82, 2.24) is 0 Å². The van der Waals surface area contributed by atoms with E-state index < -0.39 is 5.82 Å². The fourth-order valence-electron chi connectivity index (χ4n) is 1.22. The molecular weight excluding hydrogens is 291 g/mol. The smallest absolute Gasteiger partial charge is 0.162 e. The number of nitrogens with zero attached hydrogens (tertiary/aromatic N) is 1. The first-order chi connectivity index (χ1) is 7.72. The van der Waals surface area contributed by atoms with E-state index in [1.165, 1.54) is 11.3 Å². The van der Waals surface area contributed by atoms with Crippen LogP contribution in [0.1, 0.15) is 5.56 Å². The van der Waals surface area contributed by atoms with Crippen LogP contribution in [0.4, 0.5) is 15.8 Å². The molecule has 16 heavy (non-hydrogen) atoms. The van der Waals surface area contributed by atoms with Gasteiger partial charge >= 0.3 is 0 Å². The fraction of sp³-hybridized carbons (Fsp3) is 0. The second-order valence-corrected chi connectivity index (χ2v) is 4.61. The van der Waals surface area contributed by atoms with Crippen LogP contribution in [-0.2, 0) is 0 Å². The maximum absolute atomic E-state index is 13.8. The summed E-state index contributed by atoms with van der Waals surface area (Å²) in [5.41, 5.74) is 1.47. The molecule has 0 amide bonds. The third kappa shape index (κ3) is 2.08. The summed E-state index contributed by atoms with van der Waals surface area (Å²) < 4.78 is 14.0. The van der Waals surface area contributed by atoms with Gasteiger partial charge in [0, 0.05) is 11.1 Å². The predicted octanol–water partition coefficient (Wildman–Crippen LogP) is 4.26. The molecule has 0 atom stereocenters. The van der Waals surface area contributed by atoms with Crippen molar-refractivity contribution in [2.75, 3.05) is 5.32 Å². The monoisotopic (exact) mass is 296 g/mol. The molecule has 2 rings (SSSR count). The molecule has 1 N–H and O–H groups in total. The highest BCUT2D eigenvalue weighted by molar-refractivity contribution is 9.10. The van der Waals surface area contributed by atoms with Crippen LogP contribution < -0.4 is 5.32 Å². The SMILES string of the molecule is N#Cc1ccc(Nc2ccsc2)c(F)c1Br. The van der Waals surface area contributed by atoms with Crippen LogP contribution in [-0.4, -0.2) is 0 Å². The Hall–Kier alpha value is -1.38. The highest BCUT2D eigenvalue weighted by Gasteiger charge is 2.10. The summed E-state index contributed by atoms with van der Waals surface area (Å²) in [6.07, 6.45) is 0. The summed E-state index contributed by atoms with van der Waals surface area (Å²) in [4.78, 5) is 0. The number of anilines is 2. The molecular formula is C11H6BrFN2S. The lowest BCUT2D eigenvalue weighted by Crippen LogP contribution is -1.94. The Bertz CT molecular complexity index is 546. The summed E-state index contributed by atoms with van der Waals surface area (Å²) in [5, 5.41) is 15.4. The van der Waals surface area contributed by atoms with E-state index in [9.17, 15) is 4.39 Å². The van der Waals surface area contributed by atoms with Gasteiger partial charge in [-0.25, -0.2) is 4.39 Å². The highest BCUT2D eigenvalue weighted by Crippen LogP contribution is 2.29. The number of rotatable bonds is 2. The van der Waals surface area contributed by atoms with Gasteiger partial charge in [0.15, 0.2) is 5.82 Å². The number of thiophene rings is 1. The van der Waals surface area contributed by atoms with Crippen molar-refractivity contribution in [3.05, 3.63) is 44.8 Å². The average Bonchev–Trinajstić information content (AvgIpc) is 2.78. The Morgan fingerprint density at radius 3 is 2.81 bits per heavy atom. The molecule has 0 unspecified atom stereocenters. The molecule has 1 heterocycles. The Kier molecular flexibility index (Phi) is 3.22. The number of nitriles is 1. The van der Waals surface area contributed by atoms with E-state index >= 15 is 0 Å². The third-order valence-electron chi connectivity index (χ3n) is 2.00. The first kappa shape index (κ1) is 11.1. The van der Waals surface area contributed by atoms with Gasteiger partial charge in [-0.05, 0) is 39.5 Å². The van der Waals surface area contributed by atoms with E-state index in [1.54, 1.807) is 12.1 Å². The molecule has 80 valence electrons. The van der Waals surface area contributed by atoms with Crippen molar-refractivity contribution in [3.8, 4) is 6.07 Å². The predicted molar refractivity (Wildman–Crippen MR) is 66.4 cm³/mol. The second-order valence-electron chi connectivity index (χ2n) is 3.04. The zero-order valence-electron chi connectivity index (χ0n) is 8.00. The molecule has 0 bridgehead atoms. The van der Waals surface area contributed by atoms with Crippen molar-refractivity contribution >= 4 is 38.6 Å². The molecule has 0 saturated carbocycles. The molecule has 1 aromatic carbocycles. The van der Waals surface area contributed by atoms with Crippen LogP contribution in [0.2, 0.25) is 0 Å². The Labute approximate surface area is 104 Å². The van der Waals surface area contributed by atoms with Crippen LogP contribution in [0.3, 0.4) is 0 Å². The van der Waals surface area contributed by atoms with Crippen molar-refractivity contribution in [3.63, 3.8) is 0 Å². The average molecular weight is 297 g/mol. The van der Waals surface area contributed by atoms with Gasteiger partial charge in [-0.2, -0.15) is 16.6 Å². The molecule has 0 aliphatic carbocycles. The van der Waals surface area contributed by atoms with Gasteiger partial charge in [-0.15, -0.1) is 0 Å². The quantitative estimate of drug-likeness (QED) is 0.898. The molecule has 0 saturated heterocycles. The lowest BCUT2D eigenvalue weighted by molar-refractivity contribution is 0.624. The van der Waals surface area contributed by atoms with Crippen molar-refractivity contribution in [2.24, 2.45) is 0 Å². The summed E-state index contributed by atoms with van der Waals surface area (Å²) in [7, 11) is 0. The lowest BCUT2D eigenvalue weighted by atomic mass is 10.2. The third-order valence-corrected chi connectivity index (χ3v) is 3.46. The van der Waals surface area contributed by atoms with Crippen molar-refractivity contribution in [1.29, 1.82) is 5.26 Å². The van der Waals surface area contributed by atoms with Gasteiger partial charge in [0.1, 0.15) is 6.07 Å². The van der Waals surface area contributed by atoms with Gasteiger partial charge < -0.3 is 5.32 Å². The van der Waals surface area contributed by atoms with Gasteiger partial charge in [-0.3, -0.25) is 0 Å². The number of hydrogen-bond donors (Lipinski definition) is 1. The van der Waals surface area contributed by atoms with Gasteiger partial charge in [-0.1, -0.05) is 0 Å². The summed E-state index contributed by atoms with van der Waals surface area (Å²) in [5.74, 6) is -0.453. The van der Waals surface area contributed by atoms with Crippen LogP contribution in [0, 0.1) is 17.1 Å². The Morgan fingerprint density at radius 2 is 2.19 bits per heavy atom. The topological polar surface area (TPSA) is 35.8 Å². The van der Waals surface area contributed by atoms with E-state index in [4.69, 9.17) is 5.26 Å². The van der Waals surface area contributed by atoms with E-state index in [1.807, 2.05) is 22.9 Å². The molecule has 0 spiro atoms. The lowest BCUT2D eigenvalue weighted by Gasteiger charge is -2.07. The molecule has 2 aromatic rings.